The van der Waals surface area contributed by atoms with Gasteiger partial charge in [-0.2, -0.15) is 0 Å². The molecular weight excluding hydrogens is 420 g/mol. The Morgan fingerprint density at radius 2 is 1.59 bits per heavy atom. The number of amides is 1. The van der Waals surface area contributed by atoms with Gasteiger partial charge in [0, 0.05) is 45.0 Å². The Labute approximate surface area is 204 Å². The maximum Gasteiger partial charge on any atom is 0.242 e. The zero-order valence-electron chi connectivity index (χ0n) is 20.4. The van der Waals surface area contributed by atoms with Gasteiger partial charge in [0.2, 0.25) is 5.91 Å². The monoisotopic (exact) mass is 456 g/mol. The summed E-state index contributed by atoms with van der Waals surface area (Å²) in [6, 6.07) is 27.3. The summed E-state index contributed by atoms with van der Waals surface area (Å²) in [5.74, 6) is 0.125. The van der Waals surface area contributed by atoms with Gasteiger partial charge in [-0.1, -0.05) is 72.8 Å². The summed E-state index contributed by atoms with van der Waals surface area (Å²) in [6.07, 6.45) is 1.04. The molecule has 1 heterocycles. The van der Waals surface area contributed by atoms with E-state index >= 15 is 0 Å². The second kappa shape index (κ2) is 11.8. The number of rotatable bonds is 10. The Hall–Kier alpha value is -3.15. The zero-order chi connectivity index (χ0) is 23.8. The van der Waals surface area contributed by atoms with Gasteiger partial charge in [0.05, 0.1) is 6.54 Å². The van der Waals surface area contributed by atoms with E-state index in [2.05, 4.69) is 75.8 Å². The third-order valence-electron chi connectivity index (χ3n) is 6.42. The molecule has 0 spiro atoms. The highest BCUT2D eigenvalue weighted by Gasteiger charge is 2.20. The number of benzene rings is 3. The number of likely N-dealkylation sites (N-methyl/N-ethyl adjacent to an activating group) is 1. The van der Waals surface area contributed by atoms with Gasteiger partial charge in [0.15, 0.2) is 0 Å². The van der Waals surface area contributed by atoms with Gasteiger partial charge >= 0.3 is 0 Å². The summed E-state index contributed by atoms with van der Waals surface area (Å²) in [4.78, 5) is 19.8. The van der Waals surface area contributed by atoms with Crippen molar-refractivity contribution in [3.8, 4) is 0 Å². The van der Waals surface area contributed by atoms with Crippen molar-refractivity contribution in [2.75, 3.05) is 45.6 Å². The molecule has 0 fully saturated rings. The van der Waals surface area contributed by atoms with Crippen molar-refractivity contribution < 1.29 is 4.79 Å². The van der Waals surface area contributed by atoms with Crippen LogP contribution in [0, 0.1) is 0 Å². The van der Waals surface area contributed by atoms with E-state index in [-0.39, 0.29) is 5.91 Å². The fourth-order valence-electron chi connectivity index (χ4n) is 4.48. The smallest absolute Gasteiger partial charge is 0.242 e. The first-order valence-corrected chi connectivity index (χ1v) is 12.2. The van der Waals surface area contributed by atoms with E-state index in [1.165, 1.54) is 16.7 Å². The van der Waals surface area contributed by atoms with E-state index in [0.717, 1.165) is 43.9 Å². The van der Waals surface area contributed by atoms with Crippen LogP contribution in [0.1, 0.15) is 22.3 Å². The van der Waals surface area contributed by atoms with Gasteiger partial charge in [0.1, 0.15) is 0 Å². The first-order chi connectivity index (χ1) is 16.6. The number of nitrogens with one attached hydrogen (secondary N) is 1. The number of nitrogens with zero attached hydrogens (tertiary/aromatic N) is 3. The Balaban J connectivity index is 1.41. The molecule has 0 aromatic heterocycles. The molecule has 0 radical (unpaired) electrons. The molecule has 3 aromatic carbocycles. The predicted molar refractivity (Wildman–Crippen MR) is 140 cm³/mol. The Morgan fingerprint density at radius 3 is 2.29 bits per heavy atom. The SMILES string of the molecule is CN(C)CCN(Cc1ccccc1)C(=O)CNc1cccc2c1CN(Cc1ccccc1)CC2. The number of anilines is 1. The van der Waals surface area contributed by atoms with E-state index in [0.29, 0.717) is 19.6 Å². The lowest BCUT2D eigenvalue weighted by molar-refractivity contribution is -0.130. The molecule has 4 rings (SSSR count). The van der Waals surface area contributed by atoms with Crippen LogP contribution >= 0.6 is 0 Å². The second-order valence-corrected chi connectivity index (χ2v) is 9.35. The average molecular weight is 457 g/mol. The van der Waals surface area contributed by atoms with Crippen LogP contribution in [0.2, 0.25) is 0 Å². The molecule has 1 aliphatic heterocycles. The standard InChI is InChI=1S/C29H36N4O/c1-31(2)18-19-33(22-25-12-7-4-8-13-25)29(34)20-30-28-15-9-14-26-16-17-32(23-27(26)28)21-24-10-5-3-6-11-24/h3-15,30H,16-23H2,1-2H3. The lowest BCUT2D eigenvalue weighted by Crippen LogP contribution is -2.39. The van der Waals surface area contributed by atoms with Crippen molar-refractivity contribution in [2.24, 2.45) is 0 Å². The lowest BCUT2D eigenvalue weighted by Gasteiger charge is -2.31. The molecule has 0 bridgehead atoms. The maximum atomic E-state index is 13.2. The maximum absolute atomic E-state index is 13.2. The van der Waals surface area contributed by atoms with E-state index in [1.807, 2.05) is 37.2 Å². The van der Waals surface area contributed by atoms with Crippen molar-refractivity contribution in [3.63, 3.8) is 0 Å². The summed E-state index contributed by atoms with van der Waals surface area (Å²) < 4.78 is 0. The molecular formula is C29H36N4O. The third-order valence-corrected chi connectivity index (χ3v) is 6.42. The van der Waals surface area contributed by atoms with Crippen LogP contribution in [0.3, 0.4) is 0 Å². The van der Waals surface area contributed by atoms with Crippen LogP contribution in [0.4, 0.5) is 5.69 Å². The van der Waals surface area contributed by atoms with Gasteiger partial charge in [-0.25, -0.2) is 0 Å². The van der Waals surface area contributed by atoms with Crippen LogP contribution in [0.25, 0.3) is 0 Å². The van der Waals surface area contributed by atoms with E-state index in [1.54, 1.807) is 0 Å². The number of fused-ring (bicyclic) bond motifs is 1. The topological polar surface area (TPSA) is 38.8 Å². The van der Waals surface area contributed by atoms with Gasteiger partial charge in [-0.15, -0.1) is 0 Å². The lowest BCUT2D eigenvalue weighted by atomic mass is 9.97. The number of carbonyl (C=O) groups is 1. The quantitative estimate of drug-likeness (QED) is 0.495. The van der Waals surface area contributed by atoms with Gasteiger partial charge in [-0.05, 0) is 48.8 Å². The average Bonchev–Trinajstić information content (AvgIpc) is 2.86. The van der Waals surface area contributed by atoms with Crippen LogP contribution in [-0.4, -0.2) is 60.9 Å². The number of hydrogen-bond donors (Lipinski definition) is 1. The first kappa shape index (κ1) is 24.0. The fourth-order valence-corrected chi connectivity index (χ4v) is 4.48. The Morgan fingerprint density at radius 1 is 0.882 bits per heavy atom. The van der Waals surface area contributed by atoms with E-state index < -0.39 is 0 Å². The van der Waals surface area contributed by atoms with Crippen LogP contribution < -0.4 is 5.32 Å². The van der Waals surface area contributed by atoms with Crippen molar-refractivity contribution in [3.05, 3.63) is 101 Å². The van der Waals surface area contributed by atoms with Crippen LogP contribution in [0.5, 0.6) is 0 Å². The normalized spacial score (nSPS) is 13.5. The van der Waals surface area contributed by atoms with E-state index in [9.17, 15) is 4.79 Å². The zero-order valence-corrected chi connectivity index (χ0v) is 20.4. The largest absolute Gasteiger partial charge is 0.376 e. The van der Waals surface area contributed by atoms with Gasteiger partial charge in [-0.3, -0.25) is 9.69 Å². The fraction of sp³-hybridized carbons (Fsp3) is 0.345. The first-order valence-electron chi connectivity index (χ1n) is 12.2. The van der Waals surface area contributed by atoms with Crippen LogP contribution in [-0.2, 0) is 30.8 Å². The molecule has 3 aromatic rings. The third kappa shape index (κ3) is 6.69. The van der Waals surface area contributed by atoms with Crippen LogP contribution in [0.15, 0.2) is 78.9 Å². The Kier molecular flexibility index (Phi) is 8.34. The predicted octanol–water partition coefficient (Wildman–Crippen LogP) is 4.25. The summed E-state index contributed by atoms with van der Waals surface area (Å²) in [6.45, 7) is 5.38. The number of hydrogen-bond acceptors (Lipinski definition) is 4. The molecule has 0 atom stereocenters. The molecule has 0 aliphatic carbocycles. The summed E-state index contributed by atoms with van der Waals surface area (Å²) >= 11 is 0. The highest BCUT2D eigenvalue weighted by atomic mass is 16.2. The molecule has 5 heteroatoms. The number of carbonyl (C=O) groups excluding carboxylic acids is 1. The molecule has 1 amide bonds. The summed E-state index contributed by atoms with van der Waals surface area (Å²) in [5, 5.41) is 3.48. The highest BCUT2D eigenvalue weighted by Crippen LogP contribution is 2.27. The Bertz CT molecular complexity index is 1050. The van der Waals surface area contributed by atoms with Crippen molar-refractivity contribution in [2.45, 2.75) is 26.1 Å². The van der Waals surface area contributed by atoms with Crippen molar-refractivity contribution >= 4 is 11.6 Å². The molecule has 5 nitrogen and oxygen atoms in total. The molecule has 1 aliphatic rings. The highest BCUT2D eigenvalue weighted by molar-refractivity contribution is 5.81. The second-order valence-electron chi connectivity index (χ2n) is 9.35. The summed E-state index contributed by atoms with van der Waals surface area (Å²) in [7, 11) is 4.09. The minimum absolute atomic E-state index is 0.125. The van der Waals surface area contributed by atoms with Crippen molar-refractivity contribution in [1.82, 2.24) is 14.7 Å². The molecule has 0 unspecified atom stereocenters. The summed E-state index contributed by atoms with van der Waals surface area (Å²) in [5.41, 5.74) is 6.28. The van der Waals surface area contributed by atoms with Gasteiger partial charge < -0.3 is 15.1 Å². The minimum atomic E-state index is 0.125. The molecule has 1 N–H and O–H groups in total. The minimum Gasteiger partial charge on any atom is -0.376 e. The van der Waals surface area contributed by atoms with E-state index in [4.69, 9.17) is 0 Å². The van der Waals surface area contributed by atoms with Crippen molar-refractivity contribution in [1.29, 1.82) is 0 Å². The van der Waals surface area contributed by atoms with Gasteiger partial charge in [0.25, 0.3) is 0 Å². The molecule has 34 heavy (non-hydrogen) atoms. The molecule has 0 saturated carbocycles. The molecule has 0 saturated heterocycles. The molecule has 178 valence electrons.